The molecule has 0 fully saturated rings. The fourth-order valence-corrected chi connectivity index (χ4v) is 1.40. The third-order valence-corrected chi connectivity index (χ3v) is 2.52. The van der Waals surface area contributed by atoms with Crippen LogP contribution in [0.25, 0.3) is 11.4 Å². The molecule has 14 heavy (non-hydrogen) atoms. The van der Waals surface area contributed by atoms with E-state index in [2.05, 4.69) is 47.0 Å². The first-order valence-electron chi connectivity index (χ1n) is 3.80. The minimum absolute atomic E-state index is 0.555. The summed E-state index contributed by atoms with van der Waals surface area (Å²) in [6.45, 7) is 0. The molecule has 72 valence electrons. The largest absolute Gasteiger partial charge is 0.338 e. The lowest BCUT2D eigenvalue weighted by Gasteiger charge is -1.92. The highest BCUT2D eigenvalue weighted by Crippen LogP contribution is 2.17. The number of aromatic nitrogens is 3. The van der Waals surface area contributed by atoms with Crippen molar-refractivity contribution in [2.75, 3.05) is 0 Å². The smallest absolute Gasteiger partial charge is 0.237 e. The molecule has 2 rings (SSSR count). The van der Waals surface area contributed by atoms with Crippen molar-refractivity contribution in [2.45, 2.75) is 5.33 Å². The van der Waals surface area contributed by atoms with Crippen LogP contribution in [0.2, 0.25) is 0 Å². The zero-order valence-electron chi connectivity index (χ0n) is 6.94. The fraction of sp³-hybridized carbons (Fsp3) is 0.125. The molecule has 0 aliphatic carbocycles. The van der Waals surface area contributed by atoms with Gasteiger partial charge in [-0.2, -0.15) is 4.98 Å². The lowest BCUT2D eigenvalue weighted by Crippen LogP contribution is -1.83. The van der Waals surface area contributed by atoms with Gasteiger partial charge in [0.15, 0.2) is 0 Å². The van der Waals surface area contributed by atoms with Gasteiger partial charge in [0.25, 0.3) is 0 Å². The van der Waals surface area contributed by atoms with Gasteiger partial charge >= 0.3 is 0 Å². The Labute approximate surface area is 97.0 Å². The second-order valence-electron chi connectivity index (χ2n) is 2.51. The van der Waals surface area contributed by atoms with Gasteiger partial charge in [-0.05, 0) is 28.1 Å². The molecule has 2 heterocycles. The number of hydrogen-bond donors (Lipinski definition) is 0. The normalized spacial score (nSPS) is 10.4. The van der Waals surface area contributed by atoms with Crippen molar-refractivity contribution >= 4 is 31.9 Å². The van der Waals surface area contributed by atoms with Gasteiger partial charge in [0.05, 0.1) is 5.33 Å². The third-order valence-electron chi connectivity index (χ3n) is 1.57. The number of rotatable bonds is 2. The van der Waals surface area contributed by atoms with E-state index in [4.69, 9.17) is 4.52 Å². The van der Waals surface area contributed by atoms with Gasteiger partial charge in [0.2, 0.25) is 11.7 Å². The van der Waals surface area contributed by atoms with E-state index in [1.165, 1.54) is 0 Å². The Balaban J connectivity index is 2.34. The van der Waals surface area contributed by atoms with Crippen molar-refractivity contribution in [3.05, 3.63) is 28.8 Å². The van der Waals surface area contributed by atoms with E-state index in [1.54, 1.807) is 6.20 Å². The predicted octanol–water partition coefficient (Wildman–Crippen LogP) is 2.79. The molecule has 0 saturated heterocycles. The van der Waals surface area contributed by atoms with E-state index in [0.717, 1.165) is 10.2 Å². The van der Waals surface area contributed by atoms with Crippen LogP contribution in [0.15, 0.2) is 27.5 Å². The Morgan fingerprint density at radius 2 is 2.21 bits per heavy atom. The van der Waals surface area contributed by atoms with E-state index in [0.29, 0.717) is 17.0 Å². The minimum atomic E-state index is 0.555. The van der Waals surface area contributed by atoms with Gasteiger partial charge in [-0.15, -0.1) is 0 Å². The summed E-state index contributed by atoms with van der Waals surface area (Å²) in [6.07, 6.45) is 1.69. The summed E-state index contributed by atoms with van der Waals surface area (Å²) < 4.78 is 5.73. The molecule has 0 unspecified atom stereocenters. The minimum Gasteiger partial charge on any atom is -0.338 e. The molecule has 0 spiro atoms. The average molecular weight is 319 g/mol. The molecule has 0 aliphatic heterocycles. The van der Waals surface area contributed by atoms with Crippen LogP contribution in [0.3, 0.4) is 0 Å². The third kappa shape index (κ3) is 2.01. The van der Waals surface area contributed by atoms with Crippen LogP contribution in [-0.4, -0.2) is 15.1 Å². The van der Waals surface area contributed by atoms with Crippen molar-refractivity contribution in [3.8, 4) is 11.4 Å². The van der Waals surface area contributed by atoms with Crippen LogP contribution < -0.4 is 0 Å². The number of pyridine rings is 1. The molecular weight excluding hydrogens is 314 g/mol. The summed E-state index contributed by atoms with van der Waals surface area (Å²) in [5.41, 5.74) is 0.837. The monoisotopic (exact) mass is 317 g/mol. The van der Waals surface area contributed by atoms with Crippen molar-refractivity contribution < 1.29 is 4.52 Å². The molecule has 0 N–H and O–H groups in total. The van der Waals surface area contributed by atoms with Gasteiger partial charge < -0.3 is 4.52 Å². The van der Waals surface area contributed by atoms with Crippen LogP contribution >= 0.6 is 31.9 Å². The number of alkyl halides is 1. The molecule has 0 saturated carbocycles. The van der Waals surface area contributed by atoms with E-state index in [9.17, 15) is 0 Å². The highest BCUT2D eigenvalue weighted by atomic mass is 79.9. The Hall–Kier alpha value is -0.750. The van der Waals surface area contributed by atoms with Crippen LogP contribution in [0.5, 0.6) is 0 Å². The lowest BCUT2D eigenvalue weighted by molar-refractivity contribution is 0.392. The van der Waals surface area contributed by atoms with Crippen LogP contribution in [0.4, 0.5) is 0 Å². The summed E-state index contributed by atoms with van der Waals surface area (Å²) in [5, 5.41) is 4.37. The summed E-state index contributed by atoms with van der Waals surface area (Å²) in [4.78, 5) is 8.22. The standard InChI is InChI=1S/C8H5Br2N3O/c9-3-7-12-8(13-14-7)5-1-2-6(10)11-4-5/h1-2,4H,3H2. The average Bonchev–Trinajstić information content (AvgIpc) is 2.67. The number of halogens is 2. The van der Waals surface area contributed by atoms with Crippen LogP contribution in [-0.2, 0) is 5.33 Å². The SMILES string of the molecule is BrCc1nc(-c2ccc(Br)nc2)no1. The second-order valence-corrected chi connectivity index (χ2v) is 3.89. The van der Waals surface area contributed by atoms with Crippen molar-refractivity contribution in [3.63, 3.8) is 0 Å². The van der Waals surface area contributed by atoms with Crippen molar-refractivity contribution in [1.82, 2.24) is 15.1 Å². The maximum absolute atomic E-state index is 4.95. The van der Waals surface area contributed by atoms with Crippen molar-refractivity contribution in [1.29, 1.82) is 0 Å². The maximum atomic E-state index is 4.95. The first-order valence-corrected chi connectivity index (χ1v) is 5.71. The van der Waals surface area contributed by atoms with Gasteiger partial charge in [-0.25, -0.2) is 4.98 Å². The molecular formula is C8H5Br2N3O. The molecule has 0 aromatic carbocycles. The maximum Gasteiger partial charge on any atom is 0.237 e. The Morgan fingerprint density at radius 3 is 2.79 bits per heavy atom. The topological polar surface area (TPSA) is 51.8 Å². The van der Waals surface area contributed by atoms with E-state index in [1.807, 2.05) is 12.1 Å². The molecule has 0 bridgehead atoms. The van der Waals surface area contributed by atoms with Crippen LogP contribution in [0.1, 0.15) is 5.89 Å². The lowest BCUT2D eigenvalue weighted by atomic mass is 10.3. The molecule has 0 amide bonds. The fourth-order valence-electron chi connectivity index (χ4n) is 0.934. The quantitative estimate of drug-likeness (QED) is 0.631. The predicted molar refractivity (Wildman–Crippen MR) is 57.9 cm³/mol. The Bertz CT molecular complexity index is 426. The molecule has 0 aliphatic rings. The summed E-state index contributed by atoms with van der Waals surface area (Å²) in [7, 11) is 0. The number of hydrogen-bond acceptors (Lipinski definition) is 4. The van der Waals surface area contributed by atoms with Crippen LogP contribution in [0, 0.1) is 0 Å². The first kappa shape index (κ1) is 9.79. The summed E-state index contributed by atoms with van der Waals surface area (Å²) in [5.74, 6) is 1.11. The summed E-state index contributed by atoms with van der Waals surface area (Å²) >= 11 is 6.49. The Morgan fingerprint density at radius 1 is 1.36 bits per heavy atom. The second kappa shape index (κ2) is 4.18. The van der Waals surface area contributed by atoms with E-state index in [-0.39, 0.29) is 0 Å². The molecule has 2 aromatic rings. The van der Waals surface area contributed by atoms with Gasteiger partial charge in [-0.3, -0.25) is 0 Å². The Kier molecular flexibility index (Phi) is 2.93. The zero-order valence-corrected chi connectivity index (χ0v) is 10.1. The summed E-state index contributed by atoms with van der Waals surface area (Å²) in [6, 6.07) is 3.71. The zero-order chi connectivity index (χ0) is 9.97. The molecule has 0 radical (unpaired) electrons. The molecule has 4 nitrogen and oxygen atoms in total. The number of nitrogens with zero attached hydrogens (tertiary/aromatic N) is 3. The molecule has 6 heteroatoms. The molecule has 2 aromatic heterocycles. The van der Waals surface area contributed by atoms with Gasteiger partial charge in [0.1, 0.15) is 4.60 Å². The highest BCUT2D eigenvalue weighted by molar-refractivity contribution is 9.10. The van der Waals surface area contributed by atoms with Gasteiger partial charge in [0, 0.05) is 11.8 Å². The molecule has 0 atom stereocenters. The van der Waals surface area contributed by atoms with E-state index >= 15 is 0 Å². The van der Waals surface area contributed by atoms with E-state index < -0.39 is 0 Å². The first-order chi connectivity index (χ1) is 6.79. The van der Waals surface area contributed by atoms with Crippen molar-refractivity contribution in [2.24, 2.45) is 0 Å². The highest BCUT2D eigenvalue weighted by Gasteiger charge is 2.07. The van der Waals surface area contributed by atoms with Gasteiger partial charge in [-0.1, -0.05) is 21.1 Å².